The number of hydrogen-bond donors (Lipinski definition) is 5. The van der Waals surface area contributed by atoms with Crippen LogP contribution in [0.4, 0.5) is 4.79 Å². The van der Waals surface area contributed by atoms with E-state index in [9.17, 15) is 24.3 Å². The second-order valence-electron chi connectivity index (χ2n) is 9.23. The van der Waals surface area contributed by atoms with E-state index in [1.807, 2.05) is 48.5 Å². The summed E-state index contributed by atoms with van der Waals surface area (Å²) in [4.78, 5) is 48.9. The molecule has 0 aliphatic heterocycles. The molecular formula is C29H29N3O7. The fourth-order valence-corrected chi connectivity index (χ4v) is 4.54. The number of alkyl carbamates (subject to hydrolysis) is 1. The van der Waals surface area contributed by atoms with Crippen molar-refractivity contribution >= 4 is 23.9 Å². The Bertz CT molecular complexity index is 1330. The Kier molecular flexibility index (Phi) is 8.45. The number of phenolic OH excluding ortho intramolecular Hbond substituents is 1. The van der Waals surface area contributed by atoms with Gasteiger partial charge in [-0.2, -0.15) is 0 Å². The van der Waals surface area contributed by atoms with Crippen molar-refractivity contribution in [3.8, 4) is 16.9 Å². The van der Waals surface area contributed by atoms with Crippen LogP contribution in [0.15, 0.2) is 72.8 Å². The van der Waals surface area contributed by atoms with Crippen LogP contribution in [0.3, 0.4) is 0 Å². The van der Waals surface area contributed by atoms with Gasteiger partial charge in [0.05, 0.1) is 0 Å². The summed E-state index contributed by atoms with van der Waals surface area (Å²) in [7, 11) is 0. The van der Waals surface area contributed by atoms with E-state index in [0.717, 1.165) is 22.3 Å². The number of aromatic hydroxyl groups is 1. The third-order valence-electron chi connectivity index (χ3n) is 6.49. The molecule has 0 spiro atoms. The molecule has 10 nitrogen and oxygen atoms in total. The number of nitrogens with one attached hydrogen (secondary N) is 3. The van der Waals surface area contributed by atoms with E-state index in [0.29, 0.717) is 5.56 Å². The van der Waals surface area contributed by atoms with Crippen LogP contribution in [0.25, 0.3) is 11.1 Å². The minimum absolute atomic E-state index is 0.0368. The number of carbonyl (C=O) groups excluding carboxylic acids is 3. The first kappa shape index (κ1) is 27.2. The SMILES string of the molecule is CC(NC(=O)OCC1c2ccccc2-c2ccccc21)C(=O)NC(Cc1ccc(O)cc1)C(=O)NCC(=O)O. The molecule has 0 bridgehead atoms. The topological polar surface area (TPSA) is 154 Å². The molecule has 3 amide bonds. The highest BCUT2D eigenvalue weighted by molar-refractivity contribution is 5.92. The Morgan fingerprint density at radius 1 is 0.846 bits per heavy atom. The van der Waals surface area contributed by atoms with Gasteiger partial charge in [0.25, 0.3) is 0 Å². The summed E-state index contributed by atoms with van der Waals surface area (Å²) in [5, 5.41) is 25.7. The summed E-state index contributed by atoms with van der Waals surface area (Å²) in [6, 6.07) is 19.7. The molecular weight excluding hydrogens is 502 g/mol. The molecule has 0 aromatic heterocycles. The van der Waals surface area contributed by atoms with Crippen molar-refractivity contribution in [2.24, 2.45) is 0 Å². The Morgan fingerprint density at radius 2 is 1.44 bits per heavy atom. The van der Waals surface area contributed by atoms with Gasteiger partial charge in [-0.25, -0.2) is 4.79 Å². The highest BCUT2D eigenvalue weighted by atomic mass is 16.5. The van der Waals surface area contributed by atoms with Crippen LogP contribution in [0.2, 0.25) is 0 Å². The number of carboxylic acid groups (broad SMARTS) is 1. The van der Waals surface area contributed by atoms with Gasteiger partial charge in [-0.3, -0.25) is 14.4 Å². The molecule has 0 fully saturated rings. The lowest BCUT2D eigenvalue weighted by Gasteiger charge is -2.21. The van der Waals surface area contributed by atoms with E-state index in [1.165, 1.54) is 19.1 Å². The minimum atomic E-state index is -1.23. The molecule has 10 heteroatoms. The Hall–Kier alpha value is -4.86. The minimum Gasteiger partial charge on any atom is -0.508 e. The average Bonchev–Trinajstić information content (AvgIpc) is 3.24. The van der Waals surface area contributed by atoms with Gasteiger partial charge in [-0.15, -0.1) is 0 Å². The van der Waals surface area contributed by atoms with Gasteiger partial charge < -0.3 is 30.9 Å². The van der Waals surface area contributed by atoms with E-state index in [2.05, 4.69) is 16.0 Å². The smallest absolute Gasteiger partial charge is 0.407 e. The molecule has 5 N–H and O–H groups in total. The molecule has 3 aromatic carbocycles. The predicted octanol–water partition coefficient (Wildman–Crippen LogP) is 2.55. The quantitative estimate of drug-likeness (QED) is 0.269. The number of benzene rings is 3. The van der Waals surface area contributed by atoms with Crippen molar-refractivity contribution in [1.82, 2.24) is 16.0 Å². The number of hydrogen-bond acceptors (Lipinski definition) is 6. The maximum Gasteiger partial charge on any atom is 0.407 e. The zero-order chi connectivity index (χ0) is 27.9. The standard InChI is InChI=1S/C29H29N3O7/c1-17(27(36)32-25(28(37)30-15-26(34)35)14-18-10-12-19(33)13-11-18)31-29(38)39-16-24-22-8-4-2-6-20(22)21-7-3-5-9-23(21)24/h2-13,17,24-25,33H,14-16H2,1H3,(H,30,37)(H,31,38)(H,32,36)(H,34,35). The molecule has 39 heavy (non-hydrogen) atoms. The number of aliphatic carboxylic acids is 1. The van der Waals surface area contributed by atoms with Gasteiger partial charge in [0.1, 0.15) is 31.0 Å². The second-order valence-corrected chi connectivity index (χ2v) is 9.23. The highest BCUT2D eigenvalue weighted by Crippen LogP contribution is 2.44. The van der Waals surface area contributed by atoms with Gasteiger partial charge in [0, 0.05) is 12.3 Å². The molecule has 0 saturated carbocycles. The van der Waals surface area contributed by atoms with Crippen LogP contribution < -0.4 is 16.0 Å². The van der Waals surface area contributed by atoms with Crippen LogP contribution in [0.1, 0.15) is 29.5 Å². The molecule has 2 atom stereocenters. The summed E-state index contributed by atoms with van der Waals surface area (Å²) in [5.74, 6) is -2.69. The van der Waals surface area contributed by atoms with Crippen molar-refractivity contribution in [2.45, 2.75) is 31.3 Å². The van der Waals surface area contributed by atoms with Gasteiger partial charge >= 0.3 is 12.1 Å². The largest absolute Gasteiger partial charge is 0.508 e. The third-order valence-corrected chi connectivity index (χ3v) is 6.49. The Labute approximate surface area is 225 Å². The first-order valence-corrected chi connectivity index (χ1v) is 12.4. The Morgan fingerprint density at radius 3 is 2.03 bits per heavy atom. The summed E-state index contributed by atoms with van der Waals surface area (Å²) < 4.78 is 5.49. The molecule has 2 unspecified atom stereocenters. The van der Waals surface area contributed by atoms with Crippen molar-refractivity contribution in [2.75, 3.05) is 13.2 Å². The molecule has 0 heterocycles. The maximum absolute atomic E-state index is 12.8. The molecule has 0 radical (unpaired) electrons. The van der Waals surface area contributed by atoms with Crippen molar-refractivity contribution < 1.29 is 34.1 Å². The van der Waals surface area contributed by atoms with Crippen LogP contribution >= 0.6 is 0 Å². The molecule has 202 valence electrons. The summed E-state index contributed by atoms with van der Waals surface area (Å²) in [6.45, 7) is 0.910. The lowest BCUT2D eigenvalue weighted by atomic mass is 9.98. The molecule has 1 aliphatic rings. The van der Waals surface area contributed by atoms with Crippen molar-refractivity contribution in [3.05, 3.63) is 89.5 Å². The monoisotopic (exact) mass is 531 g/mol. The molecule has 1 aliphatic carbocycles. The van der Waals surface area contributed by atoms with Crippen LogP contribution in [0, 0.1) is 0 Å². The number of fused-ring (bicyclic) bond motifs is 3. The number of rotatable bonds is 10. The average molecular weight is 532 g/mol. The second kappa shape index (κ2) is 12.1. The van der Waals surface area contributed by atoms with Crippen LogP contribution in [-0.4, -0.2) is 59.3 Å². The maximum atomic E-state index is 12.8. The third kappa shape index (κ3) is 6.72. The zero-order valence-corrected chi connectivity index (χ0v) is 21.2. The van der Waals surface area contributed by atoms with E-state index in [-0.39, 0.29) is 24.7 Å². The van der Waals surface area contributed by atoms with Crippen molar-refractivity contribution in [1.29, 1.82) is 0 Å². The van der Waals surface area contributed by atoms with E-state index in [1.54, 1.807) is 12.1 Å². The highest BCUT2D eigenvalue weighted by Gasteiger charge is 2.30. The Balaban J connectivity index is 1.36. The van der Waals surface area contributed by atoms with E-state index < -0.39 is 42.5 Å². The van der Waals surface area contributed by atoms with Crippen LogP contribution in [-0.2, 0) is 25.5 Å². The lowest BCUT2D eigenvalue weighted by molar-refractivity contribution is -0.138. The number of amides is 3. The molecule has 4 rings (SSSR count). The number of phenols is 1. The first-order chi connectivity index (χ1) is 18.7. The zero-order valence-electron chi connectivity index (χ0n) is 21.2. The van der Waals surface area contributed by atoms with Gasteiger partial charge in [-0.1, -0.05) is 60.7 Å². The van der Waals surface area contributed by atoms with Gasteiger partial charge in [0.15, 0.2) is 0 Å². The number of carboxylic acids is 1. The number of ether oxygens (including phenoxy) is 1. The summed E-state index contributed by atoms with van der Waals surface area (Å²) in [5.41, 5.74) is 4.93. The molecule has 3 aromatic rings. The lowest BCUT2D eigenvalue weighted by Crippen LogP contribution is -2.54. The summed E-state index contributed by atoms with van der Waals surface area (Å²) >= 11 is 0. The van der Waals surface area contributed by atoms with Crippen LogP contribution in [0.5, 0.6) is 5.75 Å². The van der Waals surface area contributed by atoms with Gasteiger partial charge in [-0.05, 0) is 46.9 Å². The van der Waals surface area contributed by atoms with E-state index >= 15 is 0 Å². The fraction of sp³-hybridized carbons (Fsp3) is 0.241. The van der Waals surface area contributed by atoms with Gasteiger partial charge in [0.2, 0.25) is 11.8 Å². The fourth-order valence-electron chi connectivity index (χ4n) is 4.54. The normalized spacial score (nSPS) is 13.4. The predicted molar refractivity (Wildman–Crippen MR) is 142 cm³/mol. The number of carbonyl (C=O) groups is 4. The van der Waals surface area contributed by atoms with E-state index in [4.69, 9.17) is 9.84 Å². The first-order valence-electron chi connectivity index (χ1n) is 12.4. The van der Waals surface area contributed by atoms with Crippen molar-refractivity contribution in [3.63, 3.8) is 0 Å². The summed E-state index contributed by atoms with van der Waals surface area (Å²) in [6.07, 6.45) is -0.750. The molecule has 0 saturated heterocycles.